The van der Waals surface area contributed by atoms with Gasteiger partial charge in [-0.15, -0.1) is 0 Å². The van der Waals surface area contributed by atoms with Crippen LogP contribution in [-0.2, 0) is 0 Å². The SMILES string of the molecule is CCCN(C(=O)c1ccc(C)c(Cl)c1)c1cccc(N)c1. The van der Waals surface area contributed by atoms with Gasteiger partial charge in [-0.1, -0.05) is 30.7 Å². The van der Waals surface area contributed by atoms with Crippen LogP contribution in [0.1, 0.15) is 29.3 Å². The summed E-state index contributed by atoms with van der Waals surface area (Å²) in [4.78, 5) is 14.5. The van der Waals surface area contributed by atoms with Gasteiger partial charge in [0.05, 0.1) is 0 Å². The molecular formula is C17H19ClN2O. The molecule has 0 atom stereocenters. The fourth-order valence-corrected chi connectivity index (χ4v) is 2.33. The molecule has 2 aromatic carbocycles. The van der Waals surface area contributed by atoms with Gasteiger partial charge in [0.2, 0.25) is 0 Å². The summed E-state index contributed by atoms with van der Waals surface area (Å²) in [5.74, 6) is -0.0654. The molecule has 0 aliphatic rings. The largest absolute Gasteiger partial charge is 0.399 e. The summed E-state index contributed by atoms with van der Waals surface area (Å²) in [6, 6.07) is 12.7. The van der Waals surface area contributed by atoms with Crippen LogP contribution >= 0.6 is 11.6 Å². The van der Waals surface area contributed by atoms with Gasteiger partial charge in [-0.2, -0.15) is 0 Å². The molecule has 4 heteroatoms. The van der Waals surface area contributed by atoms with Crippen molar-refractivity contribution in [3.63, 3.8) is 0 Å². The van der Waals surface area contributed by atoms with Gasteiger partial charge < -0.3 is 10.6 Å². The molecule has 0 spiro atoms. The van der Waals surface area contributed by atoms with E-state index < -0.39 is 0 Å². The average Bonchev–Trinajstić information content (AvgIpc) is 2.47. The van der Waals surface area contributed by atoms with Crippen LogP contribution in [0.4, 0.5) is 11.4 Å². The first-order chi connectivity index (χ1) is 10.0. The minimum Gasteiger partial charge on any atom is -0.399 e. The third kappa shape index (κ3) is 3.56. The number of carbonyl (C=O) groups is 1. The zero-order chi connectivity index (χ0) is 15.4. The molecule has 0 aliphatic heterocycles. The highest BCUT2D eigenvalue weighted by molar-refractivity contribution is 6.31. The highest BCUT2D eigenvalue weighted by Crippen LogP contribution is 2.23. The van der Waals surface area contributed by atoms with Crippen LogP contribution in [0.25, 0.3) is 0 Å². The highest BCUT2D eigenvalue weighted by Gasteiger charge is 2.17. The lowest BCUT2D eigenvalue weighted by Gasteiger charge is -2.23. The Morgan fingerprint density at radius 3 is 2.62 bits per heavy atom. The van der Waals surface area contributed by atoms with Crippen molar-refractivity contribution < 1.29 is 4.79 Å². The molecule has 1 amide bonds. The van der Waals surface area contributed by atoms with Crippen LogP contribution in [0, 0.1) is 6.92 Å². The number of nitrogen functional groups attached to an aromatic ring is 1. The van der Waals surface area contributed by atoms with E-state index in [4.69, 9.17) is 17.3 Å². The average molecular weight is 303 g/mol. The number of anilines is 2. The molecule has 0 aliphatic carbocycles. The number of rotatable bonds is 4. The normalized spacial score (nSPS) is 10.4. The molecule has 0 aromatic heterocycles. The molecule has 0 radical (unpaired) electrons. The van der Waals surface area contributed by atoms with E-state index in [1.807, 2.05) is 38.1 Å². The number of amides is 1. The zero-order valence-electron chi connectivity index (χ0n) is 12.3. The predicted octanol–water partition coefficient (Wildman–Crippen LogP) is 4.29. The van der Waals surface area contributed by atoms with Gasteiger partial charge in [0.1, 0.15) is 0 Å². The summed E-state index contributed by atoms with van der Waals surface area (Å²) in [6.45, 7) is 4.58. The summed E-state index contributed by atoms with van der Waals surface area (Å²) in [6.07, 6.45) is 0.861. The molecule has 21 heavy (non-hydrogen) atoms. The summed E-state index contributed by atoms with van der Waals surface area (Å²) >= 11 is 6.12. The Labute approximate surface area is 130 Å². The van der Waals surface area contributed by atoms with E-state index in [2.05, 4.69) is 0 Å². The summed E-state index contributed by atoms with van der Waals surface area (Å²) < 4.78 is 0. The lowest BCUT2D eigenvalue weighted by atomic mass is 10.1. The van der Waals surface area contributed by atoms with Crippen molar-refractivity contribution in [3.05, 3.63) is 58.6 Å². The third-order valence-electron chi connectivity index (χ3n) is 3.29. The number of hydrogen-bond acceptors (Lipinski definition) is 2. The van der Waals surface area contributed by atoms with Crippen molar-refractivity contribution in [2.24, 2.45) is 0 Å². The molecule has 2 aromatic rings. The van der Waals surface area contributed by atoms with Crippen molar-refractivity contribution in [2.45, 2.75) is 20.3 Å². The molecule has 2 N–H and O–H groups in total. The second-order valence-electron chi connectivity index (χ2n) is 5.02. The van der Waals surface area contributed by atoms with Crippen LogP contribution in [0.15, 0.2) is 42.5 Å². The van der Waals surface area contributed by atoms with E-state index in [0.29, 0.717) is 22.8 Å². The number of aryl methyl sites for hydroxylation is 1. The van der Waals surface area contributed by atoms with E-state index in [1.54, 1.807) is 23.1 Å². The maximum atomic E-state index is 12.7. The van der Waals surface area contributed by atoms with Gasteiger partial charge in [0.15, 0.2) is 0 Å². The quantitative estimate of drug-likeness (QED) is 0.857. The molecular weight excluding hydrogens is 284 g/mol. The zero-order valence-corrected chi connectivity index (χ0v) is 13.0. The van der Waals surface area contributed by atoms with Gasteiger partial charge in [0, 0.05) is 28.5 Å². The number of carbonyl (C=O) groups excluding carboxylic acids is 1. The minimum atomic E-state index is -0.0654. The van der Waals surface area contributed by atoms with E-state index >= 15 is 0 Å². The molecule has 0 saturated carbocycles. The highest BCUT2D eigenvalue weighted by atomic mass is 35.5. The first kappa shape index (κ1) is 15.4. The fourth-order valence-electron chi connectivity index (χ4n) is 2.15. The Morgan fingerprint density at radius 1 is 1.24 bits per heavy atom. The topological polar surface area (TPSA) is 46.3 Å². The molecule has 110 valence electrons. The Balaban J connectivity index is 2.37. The molecule has 0 heterocycles. The molecule has 0 unspecified atom stereocenters. The van der Waals surface area contributed by atoms with Gasteiger partial charge >= 0.3 is 0 Å². The number of nitrogens with zero attached hydrogens (tertiary/aromatic N) is 1. The van der Waals surface area contributed by atoms with E-state index in [9.17, 15) is 4.79 Å². The Morgan fingerprint density at radius 2 is 2.00 bits per heavy atom. The van der Waals surface area contributed by atoms with Crippen LogP contribution in [-0.4, -0.2) is 12.5 Å². The monoisotopic (exact) mass is 302 g/mol. The van der Waals surface area contributed by atoms with Crippen molar-refractivity contribution in [3.8, 4) is 0 Å². The number of halogens is 1. The summed E-state index contributed by atoms with van der Waals surface area (Å²) in [5, 5.41) is 0.602. The maximum Gasteiger partial charge on any atom is 0.258 e. The molecule has 3 nitrogen and oxygen atoms in total. The Kier molecular flexibility index (Phi) is 4.86. The van der Waals surface area contributed by atoms with Gasteiger partial charge in [-0.05, 0) is 49.2 Å². The lowest BCUT2D eigenvalue weighted by Crippen LogP contribution is -2.31. The predicted molar refractivity (Wildman–Crippen MR) is 89.0 cm³/mol. The first-order valence-corrected chi connectivity index (χ1v) is 7.34. The van der Waals surface area contributed by atoms with Gasteiger partial charge in [-0.25, -0.2) is 0 Å². The summed E-state index contributed by atoms with van der Waals surface area (Å²) in [7, 11) is 0. The second kappa shape index (κ2) is 6.64. The van der Waals surface area contributed by atoms with Gasteiger partial charge in [-0.3, -0.25) is 4.79 Å². The van der Waals surface area contributed by atoms with E-state index in [0.717, 1.165) is 17.7 Å². The number of benzene rings is 2. The van der Waals surface area contributed by atoms with Crippen LogP contribution in [0.5, 0.6) is 0 Å². The lowest BCUT2D eigenvalue weighted by molar-refractivity contribution is 0.0987. The Hall–Kier alpha value is -2.00. The van der Waals surface area contributed by atoms with Crippen LogP contribution in [0.3, 0.4) is 0 Å². The number of nitrogens with two attached hydrogens (primary N) is 1. The molecule has 2 rings (SSSR count). The van der Waals surface area contributed by atoms with E-state index in [1.165, 1.54) is 0 Å². The maximum absolute atomic E-state index is 12.7. The smallest absolute Gasteiger partial charge is 0.258 e. The van der Waals surface area contributed by atoms with Crippen LogP contribution < -0.4 is 10.6 Å². The number of hydrogen-bond donors (Lipinski definition) is 1. The third-order valence-corrected chi connectivity index (χ3v) is 3.70. The minimum absolute atomic E-state index is 0.0654. The van der Waals surface area contributed by atoms with Crippen molar-refractivity contribution >= 4 is 28.9 Å². The van der Waals surface area contributed by atoms with Gasteiger partial charge in [0.25, 0.3) is 5.91 Å². The molecule has 0 fully saturated rings. The van der Waals surface area contributed by atoms with Crippen molar-refractivity contribution in [1.29, 1.82) is 0 Å². The molecule has 0 saturated heterocycles. The molecule has 0 bridgehead atoms. The first-order valence-electron chi connectivity index (χ1n) is 6.96. The van der Waals surface area contributed by atoms with Crippen LogP contribution in [0.2, 0.25) is 5.02 Å². The van der Waals surface area contributed by atoms with E-state index in [-0.39, 0.29) is 5.91 Å². The fraction of sp³-hybridized carbons (Fsp3) is 0.235. The standard InChI is InChI=1S/C17H19ClN2O/c1-3-9-20(15-6-4-5-14(19)11-15)17(21)13-8-7-12(2)16(18)10-13/h4-8,10-11H,3,9,19H2,1-2H3. The van der Waals surface area contributed by atoms with Crippen molar-refractivity contribution in [1.82, 2.24) is 0 Å². The summed E-state index contributed by atoms with van der Waals surface area (Å²) in [5.41, 5.74) is 8.80. The van der Waals surface area contributed by atoms with Crippen molar-refractivity contribution in [2.75, 3.05) is 17.2 Å². The Bertz CT molecular complexity index is 655. The second-order valence-corrected chi connectivity index (χ2v) is 5.42.